The Labute approximate surface area is 115 Å². The van der Waals surface area contributed by atoms with Gasteiger partial charge >= 0.3 is 0 Å². The van der Waals surface area contributed by atoms with Gasteiger partial charge in [-0.05, 0) is 45.4 Å². The SMILES string of the molecule is CCOc1ccc(C(N)C(C)OCC)cc1OCC. The van der Waals surface area contributed by atoms with E-state index in [0.717, 1.165) is 17.1 Å². The number of ether oxygens (including phenoxy) is 3. The highest BCUT2D eigenvalue weighted by Gasteiger charge is 2.17. The summed E-state index contributed by atoms with van der Waals surface area (Å²) in [6.45, 7) is 9.71. The highest BCUT2D eigenvalue weighted by molar-refractivity contribution is 5.44. The normalized spacial score (nSPS) is 13.9. The van der Waals surface area contributed by atoms with Crippen LogP contribution in [0.15, 0.2) is 18.2 Å². The van der Waals surface area contributed by atoms with E-state index < -0.39 is 0 Å². The van der Waals surface area contributed by atoms with Crippen LogP contribution in [0.25, 0.3) is 0 Å². The Morgan fingerprint density at radius 2 is 1.63 bits per heavy atom. The van der Waals surface area contributed by atoms with E-state index in [9.17, 15) is 0 Å². The lowest BCUT2D eigenvalue weighted by molar-refractivity contribution is 0.0574. The van der Waals surface area contributed by atoms with Crippen LogP contribution in [0, 0.1) is 0 Å². The summed E-state index contributed by atoms with van der Waals surface area (Å²) in [6.07, 6.45) is -0.0302. The lowest BCUT2D eigenvalue weighted by atomic mass is 10.0. The summed E-state index contributed by atoms with van der Waals surface area (Å²) < 4.78 is 16.7. The predicted octanol–water partition coefficient (Wildman–Crippen LogP) is 2.91. The first kappa shape index (κ1) is 15.8. The molecular formula is C15H25NO3. The molecule has 4 nitrogen and oxygen atoms in total. The number of hydrogen-bond acceptors (Lipinski definition) is 4. The van der Waals surface area contributed by atoms with Crippen molar-refractivity contribution in [3.63, 3.8) is 0 Å². The van der Waals surface area contributed by atoms with Crippen molar-refractivity contribution in [2.45, 2.75) is 39.8 Å². The van der Waals surface area contributed by atoms with Gasteiger partial charge in [-0.1, -0.05) is 6.07 Å². The molecule has 0 aliphatic carbocycles. The van der Waals surface area contributed by atoms with E-state index in [2.05, 4.69) is 0 Å². The molecule has 19 heavy (non-hydrogen) atoms. The van der Waals surface area contributed by atoms with Crippen LogP contribution in [0.2, 0.25) is 0 Å². The lowest BCUT2D eigenvalue weighted by Gasteiger charge is -2.21. The van der Waals surface area contributed by atoms with Gasteiger partial charge in [-0.3, -0.25) is 0 Å². The summed E-state index contributed by atoms with van der Waals surface area (Å²) in [7, 11) is 0. The van der Waals surface area contributed by atoms with Crippen LogP contribution in [-0.4, -0.2) is 25.9 Å². The van der Waals surface area contributed by atoms with E-state index in [1.807, 2.05) is 45.9 Å². The van der Waals surface area contributed by atoms with Gasteiger partial charge in [0.15, 0.2) is 11.5 Å². The zero-order chi connectivity index (χ0) is 14.3. The second-order valence-corrected chi connectivity index (χ2v) is 4.26. The second-order valence-electron chi connectivity index (χ2n) is 4.26. The van der Waals surface area contributed by atoms with E-state index in [-0.39, 0.29) is 12.1 Å². The second kappa shape index (κ2) is 8.02. The molecule has 0 aliphatic rings. The monoisotopic (exact) mass is 267 g/mol. The summed E-state index contributed by atoms with van der Waals surface area (Å²) in [5, 5.41) is 0. The molecule has 1 rings (SSSR count). The average Bonchev–Trinajstić information content (AvgIpc) is 2.40. The fourth-order valence-corrected chi connectivity index (χ4v) is 1.91. The predicted molar refractivity (Wildman–Crippen MR) is 76.8 cm³/mol. The van der Waals surface area contributed by atoms with Gasteiger partial charge in [0, 0.05) is 6.61 Å². The molecule has 0 bridgehead atoms. The van der Waals surface area contributed by atoms with Gasteiger partial charge in [-0.15, -0.1) is 0 Å². The number of rotatable bonds is 8. The third-order valence-corrected chi connectivity index (χ3v) is 2.89. The molecule has 0 aliphatic heterocycles. The van der Waals surface area contributed by atoms with Crippen molar-refractivity contribution in [3.05, 3.63) is 23.8 Å². The van der Waals surface area contributed by atoms with E-state index >= 15 is 0 Å². The molecule has 0 aromatic heterocycles. The summed E-state index contributed by atoms with van der Waals surface area (Å²) in [4.78, 5) is 0. The van der Waals surface area contributed by atoms with Crippen LogP contribution in [0.1, 0.15) is 39.3 Å². The molecule has 0 saturated heterocycles. The highest BCUT2D eigenvalue weighted by Crippen LogP contribution is 2.31. The topological polar surface area (TPSA) is 53.7 Å². The van der Waals surface area contributed by atoms with Crippen LogP contribution in [0.3, 0.4) is 0 Å². The standard InChI is InChI=1S/C15H25NO3/c1-5-17-11(4)15(16)12-8-9-13(18-6-2)14(10-12)19-7-3/h8-11,15H,5-7,16H2,1-4H3. The van der Waals surface area contributed by atoms with Crippen molar-refractivity contribution >= 4 is 0 Å². The van der Waals surface area contributed by atoms with E-state index in [1.54, 1.807) is 0 Å². The number of benzene rings is 1. The third kappa shape index (κ3) is 4.40. The molecule has 4 heteroatoms. The van der Waals surface area contributed by atoms with Gasteiger partial charge < -0.3 is 19.9 Å². The smallest absolute Gasteiger partial charge is 0.161 e. The zero-order valence-electron chi connectivity index (χ0n) is 12.3. The Hall–Kier alpha value is -1.26. The van der Waals surface area contributed by atoms with Gasteiger partial charge in [0.2, 0.25) is 0 Å². The van der Waals surface area contributed by atoms with Crippen molar-refractivity contribution in [1.29, 1.82) is 0 Å². The molecule has 0 saturated carbocycles. The van der Waals surface area contributed by atoms with Crippen LogP contribution in [-0.2, 0) is 4.74 Å². The van der Waals surface area contributed by atoms with Gasteiger partial charge in [-0.25, -0.2) is 0 Å². The summed E-state index contributed by atoms with van der Waals surface area (Å²) in [5.41, 5.74) is 7.19. The molecular weight excluding hydrogens is 242 g/mol. The van der Waals surface area contributed by atoms with Crippen LogP contribution >= 0.6 is 0 Å². The Balaban J connectivity index is 2.93. The van der Waals surface area contributed by atoms with Crippen molar-refractivity contribution < 1.29 is 14.2 Å². The average molecular weight is 267 g/mol. The minimum atomic E-state index is -0.171. The van der Waals surface area contributed by atoms with E-state index in [0.29, 0.717) is 19.8 Å². The largest absolute Gasteiger partial charge is 0.490 e. The Morgan fingerprint density at radius 1 is 1.00 bits per heavy atom. The summed E-state index contributed by atoms with van der Waals surface area (Å²) in [5.74, 6) is 1.49. The first-order valence-electron chi connectivity index (χ1n) is 6.90. The number of nitrogens with two attached hydrogens (primary N) is 1. The van der Waals surface area contributed by atoms with Gasteiger partial charge in [0.05, 0.1) is 25.4 Å². The quantitative estimate of drug-likeness (QED) is 0.787. The molecule has 0 spiro atoms. The van der Waals surface area contributed by atoms with Crippen molar-refractivity contribution in [2.24, 2.45) is 5.73 Å². The maximum absolute atomic E-state index is 6.19. The summed E-state index contributed by atoms with van der Waals surface area (Å²) >= 11 is 0. The molecule has 108 valence electrons. The molecule has 2 unspecified atom stereocenters. The first-order valence-corrected chi connectivity index (χ1v) is 6.90. The lowest BCUT2D eigenvalue weighted by Crippen LogP contribution is -2.26. The fraction of sp³-hybridized carbons (Fsp3) is 0.600. The molecule has 0 amide bonds. The van der Waals surface area contributed by atoms with Crippen molar-refractivity contribution in [3.8, 4) is 11.5 Å². The Kier molecular flexibility index (Phi) is 6.67. The number of hydrogen-bond donors (Lipinski definition) is 1. The molecule has 1 aromatic rings. The first-order chi connectivity index (χ1) is 9.13. The highest BCUT2D eigenvalue weighted by atomic mass is 16.5. The van der Waals surface area contributed by atoms with Crippen molar-refractivity contribution in [2.75, 3.05) is 19.8 Å². The maximum atomic E-state index is 6.19. The van der Waals surface area contributed by atoms with Crippen molar-refractivity contribution in [1.82, 2.24) is 0 Å². The van der Waals surface area contributed by atoms with Gasteiger partial charge in [-0.2, -0.15) is 0 Å². The van der Waals surface area contributed by atoms with Gasteiger partial charge in [0.1, 0.15) is 0 Å². The minimum absolute atomic E-state index is 0.0302. The summed E-state index contributed by atoms with van der Waals surface area (Å²) in [6, 6.07) is 5.64. The maximum Gasteiger partial charge on any atom is 0.161 e. The van der Waals surface area contributed by atoms with Crippen LogP contribution in [0.5, 0.6) is 11.5 Å². The molecule has 1 aromatic carbocycles. The fourth-order valence-electron chi connectivity index (χ4n) is 1.91. The zero-order valence-corrected chi connectivity index (χ0v) is 12.3. The molecule has 0 fully saturated rings. The molecule has 2 N–H and O–H groups in total. The Bertz CT molecular complexity index is 382. The minimum Gasteiger partial charge on any atom is -0.490 e. The van der Waals surface area contributed by atoms with Gasteiger partial charge in [0.25, 0.3) is 0 Å². The molecule has 2 atom stereocenters. The molecule has 0 radical (unpaired) electrons. The molecule has 0 heterocycles. The Morgan fingerprint density at radius 3 is 2.21 bits per heavy atom. The van der Waals surface area contributed by atoms with Crippen LogP contribution < -0.4 is 15.2 Å². The van der Waals surface area contributed by atoms with E-state index in [1.165, 1.54) is 0 Å². The van der Waals surface area contributed by atoms with E-state index in [4.69, 9.17) is 19.9 Å². The third-order valence-electron chi connectivity index (χ3n) is 2.89. The van der Waals surface area contributed by atoms with Crippen LogP contribution in [0.4, 0.5) is 0 Å².